The summed E-state index contributed by atoms with van der Waals surface area (Å²) in [7, 11) is 0. The third-order valence-electron chi connectivity index (χ3n) is 3.39. The molecule has 16 heavy (non-hydrogen) atoms. The number of hydrogen-bond donors (Lipinski definition) is 1. The van der Waals surface area contributed by atoms with Crippen molar-refractivity contribution in [1.29, 1.82) is 0 Å². The lowest BCUT2D eigenvalue weighted by molar-refractivity contribution is 0.621. The van der Waals surface area contributed by atoms with Crippen LogP contribution in [-0.4, -0.2) is 12.3 Å². The smallest absolute Gasteiger partial charge is 0.0419 e. The Labute approximate surface area is 103 Å². The summed E-state index contributed by atoms with van der Waals surface area (Å²) in [5.74, 6) is 2.24. The molecule has 1 aromatic carbocycles. The Morgan fingerprint density at radius 2 is 1.88 bits per heavy atom. The van der Waals surface area contributed by atoms with E-state index >= 15 is 0 Å². The van der Waals surface area contributed by atoms with Gasteiger partial charge in [0.05, 0.1) is 0 Å². The van der Waals surface area contributed by atoms with Crippen LogP contribution in [0.1, 0.15) is 36.5 Å². The molecule has 1 aliphatic rings. The molecule has 0 radical (unpaired) electrons. The Hall–Kier alpha value is -0.470. The first-order chi connectivity index (χ1) is 7.90. The summed E-state index contributed by atoms with van der Waals surface area (Å²) in [6.07, 6.45) is 5.73. The maximum Gasteiger partial charge on any atom is 0.0419 e. The van der Waals surface area contributed by atoms with Crippen molar-refractivity contribution in [3.05, 3.63) is 35.9 Å². The topological polar surface area (TPSA) is 26.0 Å². The molecule has 1 aliphatic carbocycles. The standard InChI is InChI=1S/C14H21NS/c15-10-14(13-8-2-1-3-9-13)16-11-12-6-4-5-7-12/h1-3,8-9,12,14H,4-7,10-11,15H2. The van der Waals surface area contributed by atoms with Crippen molar-refractivity contribution in [2.75, 3.05) is 12.3 Å². The zero-order valence-electron chi connectivity index (χ0n) is 9.77. The van der Waals surface area contributed by atoms with Crippen LogP contribution in [-0.2, 0) is 0 Å². The van der Waals surface area contributed by atoms with E-state index in [9.17, 15) is 0 Å². The fraction of sp³-hybridized carbons (Fsp3) is 0.571. The van der Waals surface area contributed by atoms with Crippen molar-refractivity contribution < 1.29 is 0 Å². The van der Waals surface area contributed by atoms with Gasteiger partial charge in [-0.2, -0.15) is 11.8 Å². The summed E-state index contributed by atoms with van der Waals surface area (Å²) in [5.41, 5.74) is 7.25. The molecule has 1 nitrogen and oxygen atoms in total. The second-order valence-corrected chi connectivity index (χ2v) is 5.85. The Bertz CT molecular complexity index is 293. The summed E-state index contributed by atoms with van der Waals surface area (Å²) < 4.78 is 0. The summed E-state index contributed by atoms with van der Waals surface area (Å²) >= 11 is 2.05. The van der Waals surface area contributed by atoms with Gasteiger partial charge in [-0.05, 0) is 30.1 Å². The lowest BCUT2D eigenvalue weighted by Gasteiger charge is -2.17. The van der Waals surface area contributed by atoms with Gasteiger partial charge in [-0.25, -0.2) is 0 Å². The van der Waals surface area contributed by atoms with E-state index in [1.807, 2.05) is 11.8 Å². The summed E-state index contributed by atoms with van der Waals surface area (Å²) in [6, 6.07) is 10.7. The molecular weight excluding hydrogens is 214 g/mol. The SMILES string of the molecule is NCC(SCC1CCCC1)c1ccccc1. The number of benzene rings is 1. The van der Waals surface area contributed by atoms with Crippen LogP contribution >= 0.6 is 11.8 Å². The fourth-order valence-corrected chi connectivity index (χ4v) is 3.72. The second-order valence-electron chi connectivity index (χ2n) is 4.62. The highest BCUT2D eigenvalue weighted by atomic mass is 32.2. The Kier molecular flexibility index (Phi) is 4.73. The van der Waals surface area contributed by atoms with Gasteiger partial charge in [-0.15, -0.1) is 0 Å². The van der Waals surface area contributed by atoms with E-state index in [-0.39, 0.29) is 0 Å². The van der Waals surface area contributed by atoms with Crippen molar-refractivity contribution in [2.45, 2.75) is 30.9 Å². The first kappa shape index (κ1) is 12.0. The first-order valence-electron chi connectivity index (χ1n) is 6.26. The predicted octanol–water partition coefficient (Wildman–Crippen LogP) is 3.61. The van der Waals surface area contributed by atoms with E-state index in [0.717, 1.165) is 12.5 Å². The Balaban J connectivity index is 1.85. The first-order valence-corrected chi connectivity index (χ1v) is 7.31. The molecule has 2 heteroatoms. The van der Waals surface area contributed by atoms with Crippen LogP contribution in [0.2, 0.25) is 0 Å². The quantitative estimate of drug-likeness (QED) is 0.843. The van der Waals surface area contributed by atoms with Crippen LogP contribution in [0.3, 0.4) is 0 Å². The molecule has 2 N–H and O–H groups in total. The Morgan fingerprint density at radius 1 is 1.19 bits per heavy atom. The van der Waals surface area contributed by atoms with E-state index < -0.39 is 0 Å². The average molecular weight is 235 g/mol. The van der Waals surface area contributed by atoms with Gasteiger partial charge in [0, 0.05) is 11.8 Å². The summed E-state index contributed by atoms with van der Waals surface area (Å²) in [5, 5.41) is 0.488. The van der Waals surface area contributed by atoms with Gasteiger partial charge >= 0.3 is 0 Å². The minimum atomic E-state index is 0.488. The molecule has 1 aromatic rings. The van der Waals surface area contributed by atoms with Crippen molar-refractivity contribution in [3.8, 4) is 0 Å². The van der Waals surface area contributed by atoms with Crippen molar-refractivity contribution >= 4 is 11.8 Å². The minimum absolute atomic E-state index is 0.488. The lowest BCUT2D eigenvalue weighted by Crippen LogP contribution is -2.11. The van der Waals surface area contributed by atoms with Crippen LogP contribution in [0.25, 0.3) is 0 Å². The highest BCUT2D eigenvalue weighted by Crippen LogP contribution is 2.34. The molecule has 1 unspecified atom stereocenters. The van der Waals surface area contributed by atoms with Crippen LogP contribution in [0.15, 0.2) is 30.3 Å². The average Bonchev–Trinajstić information content (AvgIpc) is 2.84. The molecule has 0 bridgehead atoms. The zero-order chi connectivity index (χ0) is 11.2. The number of hydrogen-bond acceptors (Lipinski definition) is 2. The maximum absolute atomic E-state index is 5.87. The Morgan fingerprint density at radius 3 is 2.50 bits per heavy atom. The van der Waals surface area contributed by atoms with Crippen molar-refractivity contribution in [1.82, 2.24) is 0 Å². The van der Waals surface area contributed by atoms with Gasteiger partial charge in [-0.3, -0.25) is 0 Å². The molecule has 1 atom stereocenters. The molecule has 0 aromatic heterocycles. The van der Waals surface area contributed by atoms with Gasteiger partial charge in [0.1, 0.15) is 0 Å². The number of rotatable bonds is 5. The molecule has 1 fully saturated rings. The molecule has 0 heterocycles. The fourth-order valence-electron chi connectivity index (χ4n) is 2.40. The normalized spacial score (nSPS) is 18.8. The van der Waals surface area contributed by atoms with Gasteiger partial charge in [0.2, 0.25) is 0 Å². The number of thioether (sulfide) groups is 1. The minimum Gasteiger partial charge on any atom is -0.329 e. The lowest BCUT2D eigenvalue weighted by atomic mass is 10.1. The van der Waals surface area contributed by atoms with Gasteiger partial charge < -0.3 is 5.73 Å². The molecule has 0 amide bonds. The highest BCUT2D eigenvalue weighted by Gasteiger charge is 2.17. The molecule has 0 spiro atoms. The van der Waals surface area contributed by atoms with Gasteiger partial charge in [0.15, 0.2) is 0 Å². The van der Waals surface area contributed by atoms with E-state index in [2.05, 4.69) is 30.3 Å². The predicted molar refractivity (Wildman–Crippen MR) is 72.7 cm³/mol. The molecule has 88 valence electrons. The van der Waals surface area contributed by atoms with Crippen LogP contribution in [0, 0.1) is 5.92 Å². The van der Waals surface area contributed by atoms with E-state index in [0.29, 0.717) is 5.25 Å². The monoisotopic (exact) mass is 235 g/mol. The third-order valence-corrected chi connectivity index (χ3v) is 4.92. The van der Waals surface area contributed by atoms with E-state index in [1.165, 1.54) is 37.0 Å². The maximum atomic E-state index is 5.87. The molecule has 0 aliphatic heterocycles. The van der Waals surface area contributed by atoms with Gasteiger partial charge in [0.25, 0.3) is 0 Å². The highest BCUT2D eigenvalue weighted by molar-refractivity contribution is 7.99. The van der Waals surface area contributed by atoms with E-state index in [4.69, 9.17) is 5.73 Å². The van der Waals surface area contributed by atoms with Crippen molar-refractivity contribution in [3.63, 3.8) is 0 Å². The van der Waals surface area contributed by atoms with Crippen LogP contribution in [0.5, 0.6) is 0 Å². The summed E-state index contributed by atoms with van der Waals surface area (Å²) in [4.78, 5) is 0. The molecular formula is C14H21NS. The molecule has 2 rings (SSSR count). The summed E-state index contributed by atoms with van der Waals surface area (Å²) in [6.45, 7) is 0.751. The number of nitrogens with two attached hydrogens (primary N) is 1. The van der Waals surface area contributed by atoms with Crippen LogP contribution < -0.4 is 5.73 Å². The van der Waals surface area contributed by atoms with Crippen LogP contribution in [0.4, 0.5) is 0 Å². The second kappa shape index (κ2) is 6.31. The largest absolute Gasteiger partial charge is 0.329 e. The zero-order valence-corrected chi connectivity index (χ0v) is 10.6. The third kappa shape index (κ3) is 3.26. The molecule has 1 saturated carbocycles. The van der Waals surface area contributed by atoms with E-state index in [1.54, 1.807) is 0 Å². The molecule has 0 saturated heterocycles. The van der Waals surface area contributed by atoms with Gasteiger partial charge in [-0.1, -0.05) is 43.2 Å². The van der Waals surface area contributed by atoms with Crippen molar-refractivity contribution in [2.24, 2.45) is 11.7 Å².